The Morgan fingerprint density at radius 2 is 1.96 bits per heavy atom. The topological polar surface area (TPSA) is 76.0 Å². The van der Waals surface area contributed by atoms with Crippen LogP contribution >= 0.6 is 0 Å². The number of imidazole rings is 1. The maximum absolute atomic E-state index is 10.9. The Balaban J connectivity index is 1.54. The lowest BCUT2D eigenvalue weighted by Gasteiger charge is -2.21. The fraction of sp³-hybridized carbons (Fsp3) is 0.474. The molecule has 0 amide bonds. The van der Waals surface area contributed by atoms with E-state index < -0.39 is 0 Å². The summed E-state index contributed by atoms with van der Waals surface area (Å²) in [5.41, 5.74) is 3.90. The molecule has 3 aromatic rings. The second-order valence-electron chi connectivity index (χ2n) is 7.21. The Kier molecular flexibility index (Phi) is 3.52. The molecule has 2 fully saturated rings. The molecule has 2 N–H and O–H groups in total. The van der Waals surface area contributed by atoms with E-state index in [4.69, 9.17) is 9.84 Å². The summed E-state index contributed by atoms with van der Waals surface area (Å²) in [6.07, 6.45) is 5.31. The van der Waals surface area contributed by atoms with Gasteiger partial charge < -0.3 is 14.8 Å². The Bertz CT molecular complexity index is 870. The van der Waals surface area contributed by atoms with Gasteiger partial charge in [-0.1, -0.05) is 12.1 Å². The molecule has 0 bridgehead atoms. The number of para-hydroxylation sites is 2. The van der Waals surface area contributed by atoms with E-state index in [2.05, 4.69) is 9.97 Å². The molecule has 1 aromatic carbocycles. The van der Waals surface area contributed by atoms with Crippen LogP contribution in [0.15, 0.2) is 24.3 Å². The van der Waals surface area contributed by atoms with Gasteiger partial charge in [-0.2, -0.15) is 9.78 Å². The van der Waals surface area contributed by atoms with Crippen LogP contribution < -0.4 is 0 Å². The third-order valence-electron chi connectivity index (χ3n) is 5.36. The van der Waals surface area contributed by atoms with Gasteiger partial charge in [0.25, 0.3) is 0 Å². The molecule has 0 unspecified atom stereocenters. The molecule has 25 heavy (non-hydrogen) atoms. The zero-order chi connectivity index (χ0) is 16.8. The summed E-state index contributed by atoms with van der Waals surface area (Å²) in [5.74, 6) is 1.88. The summed E-state index contributed by atoms with van der Waals surface area (Å²) >= 11 is 0. The Morgan fingerprint density at radius 3 is 2.72 bits per heavy atom. The van der Waals surface area contributed by atoms with Crippen LogP contribution in [0.2, 0.25) is 0 Å². The van der Waals surface area contributed by atoms with Crippen LogP contribution in [0.3, 0.4) is 0 Å². The number of nitrogens with one attached hydrogen (secondary N) is 1. The molecule has 0 spiro atoms. The Hall–Kier alpha value is -2.34. The number of rotatable bonds is 4. The zero-order valence-corrected chi connectivity index (χ0v) is 14.1. The van der Waals surface area contributed by atoms with E-state index in [1.165, 1.54) is 0 Å². The van der Waals surface area contributed by atoms with Crippen LogP contribution in [0.25, 0.3) is 17.0 Å². The summed E-state index contributed by atoms with van der Waals surface area (Å²) < 4.78 is 7.05. The maximum Gasteiger partial charge on any atom is 0.232 e. The molecule has 1 saturated heterocycles. The molecule has 1 aliphatic carbocycles. The molecule has 5 rings (SSSR count). The molecule has 3 heterocycles. The minimum atomic E-state index is 0.243. The smallest absolute Gasteiger partial charge is 0.232 e. The molecule has 2 aromatic heterocycles. The quantitative estimate of drug-likeness (QED) is 0.765. The van der Waals surface area contributed by atoms with Gasteiger partial charge in [-0.25, -0.2) is 4.98 Å². The van der Waals surface area contributed by atoms with Gasteiger partial charge in [-0.3, -0.25) is 0 Å². The number of aromatic nitrogens is 4. The minimum absolute atomic E-state index is 0.243. The van der Waals surface area contributed by atoms with Gasteiger partial charge in [0.05, 0.1) is 16.7 Å². The second kappa shape index (κ2) is 5.88. The third-order valence-corrected chi connectivity index (χ3v) is 5.36. The van der Waals surface area contributed by atoms with Crippen LogP contribution in [0.5, 0.6) is 5.88 Å². The average molecular weight is 338 g/mol. The lowest BCUT2D eigenvalue weighted by atomic mass is 9.91. The van der Waals surface area contributed by atoms with Crippen molar-refractivity contribution < 1.29 is 9.84 Å². The van der Waals surface area contributed by atoms with Gasteiger partial charge in [-0.15, -0.1) is 0 Å². The molecule has 2 aliphatic rings. The number of H-pyrrole nitrogens is 1. The summed E-state index contributed by atoms with van der Waals surface area (Å²) in [6.45, 7) is 1.64. The van der Waals surface area contributed by atoms with Gasteiger partial charge in [-0.05, 0) is 50.2 Å². The lowest BCUT2D eigenvalue weighted by Crippen LogP contribution is -2.17. The van der Waals surface area contributed by atoms with Crippen LogP contribution in [-0.4, -0.2) is 38.1 Å². The SMILES string of the molecule is Oc1c(CC2CCOCC2)c(C2CC2)nn1-c1nc2ccccc2[nH]1. The van der Waals surface area contributed by atoms with Crippen molar-refractivity contribution in [1.82, 2.24) is 19.7 Å². The van der Waals surface area contributed by atoms with Gasteiger partial charge in [0.2, 0.25) is 11.8 Å². The molecule has 6 nitrogen and oxygen atoms in total. The van der Waals surface area contributed by atoms with E-state index in [9.17, 15) is 5.11 Å². The average Bonchev–Trinajstić information content (AvgIpc) is 3.31. The first kappa shape index (κ1) is 15.0. The Morgan fingerprint density at radius 1 is 1.16 bits per heavy atom. The summed E-state index contributed by atoms with van der Waals surface area (Å²) in [5, 5.41) is 15.6. The number of ether oxygens (including phenoxy) is 1. The second-order valence-corrected chi connectivity index (χ2v) is 7.21. The Labute approximate surface area is 145 Å². The standard InChI is InChI=1S/C19H22N4O2/c24-18-14(11-12-7-9-25-10-8-12)17(13-5-6-13)22-23(18)19-20-15-3-1-2-4-16(15)21-19/h1-4,12-13,24H,5-11H2,(H,20,21). The van der Waals surface area contributed by atoms with Crippen molar-refractivity contribution in [2.75, 3.05) is 13.2 Å². The van der Waals surface area contributed by atoms with E-state index in [0.29, 0.717) is 17.8 Å². The number of hydrogen-bond acceptors (Lipinski definition) is 4. The van der Waals surface area contributed by atoms with Crippen molar-refractivity contribution in [3.63, 3.8) is 0 Å². The molecule has 0 radical (unpaired) electrons. The molecule has 1 aliphatic heterocycles. The molecular weight excluding hydrogens is 316 g/mol. The van der Waals surface area contributed by atoms with E-state index in [1.807, 2.05) is 24.3 Å². The van der Waals surface area contributed by atoms with Gasteiger partial charge in [0, 0.05) is 24.7 Å². The number of benzene rings is 1. The first-order chi connectivity index (χ1) is 12.3. The zero-order valence-electron chi connectivity index (χ0n) is 14.1. The van der Waals surface area contributed by atoms with Gasteiger partial charge in [0.15, 0.2) is 0 Å². The van der Waals surface area contributed by atoms with Crippen molar-refractivity contribution in [1.29, 1.82) is 0 Å². The fourth-order valence-electron chi connectivity index (χ4n) is 3.77. The lowest BCUT2D eigenvalue weighted by molar-refractivity contribution is 0.0663. The van der Waals surface area contributed by atoms with Crippen LogP contribution in [0.1, 0.15) is 42.9 Å². The predicted octanol–water partition coefficient (Wildman–Crippen LogP) is 3.30. The monoisotopic (exact) mass is 338 g/mol. The number of hydrogen-bond donors (Lipinski definition) is 2. The number of nitrogens with zero attached hydrogens (tertiary/aromatic N) is 3. The fourth-order valence-corrected chi connectivity index (χ4v) is 3.77. The molecule has 0 atom stereocenters. The first-order valence-corrected chi connectivity index (χ1v) is 9.13. The third kappa shape index (κ3) is 2.70. The largest absolute Gasteiger partial charge is 0.493 e. The van der Waals surface area contributed by atoms with Crippen LogP contribution in [0.4, 0.5) is 0 Å². The molecule has 6 heteroatoms. The first-order valence-electron chi connectivity index (χ1n) is 9.13. The van der Waals surface area contributed by atoms with E-state index in [0.717, 1.165) is 67.6 Å². The number of fused-ring (bicyclic) bond motifs is 1. The van der Waals surface area contributed by atoms with Crippen molar-refractivity contribution in [2.24, 2.45) is 5.92 Å². The number of aromatic hydroxyl groups is 1. The van der Waals surface area contributed by atoms with E-state index in [1.54, 1.807) is 4.68 Å². The highest BCUT2D eigenvalue weighted by Crippen LogP contribution is 2.44. The van der Waals surface area contributed by atoms with Crippen molar-refractivity contribution in [3.8, 4) is 11.8 Å². The van der Waals surface area contributed by atoms with Crippen molar-refractivity contribution in [3.05, 3.63) is 35.5 Å². The summed E-state index contributed by atoms with van der Waals surface area (Å²) in [7, 11) is 0. The van der Waals surface area contributed by atoms with Crippen molar-refractivity contribution in [2.45, 2.75) is 38.0 Å². The number of aromatic amines is 1. The predicted molar refractivity (Wildman–Crippen MR) is 94.1 cm³/mol. The van der Waals surface area contributed by atoms with Gasteiger partial charge in [0.1, 0.15) is 0 Å². The summed E-state index contributed by atoms with van der Waals surface area (Å²) in [4.78, 5) is 7.86. The highest BCUT2D eigenvalue weighted by molar-refractivity contribution is 5.76. The summed E-state index contributed by atoms with van der Waals surface area (Å²) in [6, 6.07) is 7.87. The van der Waals surface area contributed by atoms with Crippen molar-refractivity contribution >= 4 is 11.0 Å². The normalized spacial score (nSPS) is 18.9. The molecular formula is C19H22N4O2. The maximum atomic E-state index is 10.9. The van der Waals surface area contributed by atoms with Crippen LogP contribution in [0, 0.1) is 5.92 Å². The van der Waals surface area contributed by atoms with Gasteiger partial charge >= 0.3 is 0 Å². The molecule has 130 valence electrons. The van der Waals surface area contributed by atoms with E-state index >= 15 is 0 Å². The molecule has 1 saturated carbocycles. The minimum Gasteiger partial charge on any atom is -0.493 e. The van der Waals surface area contributed by atoms with E-state index in [-0.39, 0.29) is 5.88 Å². The highest BCUT2D eigenvalue weighted by Gasteiger charge is 2.33. The van der Waals surface area contributed by atoms with Crippen LogP contribution in [-0.2, 0) is 11.2 Å². The highest BCUT2D eigenvalue weighted by atomic mass is 16.5.